The lowest BCUT2D eigenvalue weighted by atomic mass is 10.1. The molecule has 11 heteroatoms. The number of halogens is 3. The zero-order chi connectivity index (χ0) is 26.4. The van der Waals surface area contributed by atoms with Crippen LogP contribution in [0.1, 0.15) is 17.6 Å². The maximum Gasteiger partial charge on any atom is 0.323 e. The van der Waals surface area contributed by atoms with Crippen LogP contribution in [0.5, 0.6) is 0 Å². The summed E-state index contributed by atoms with van der Waals surface area (Å²) in [4.78, 5) is 35.7. The van der Waals surface area contributed by atoms with Crippen LogP contribution in [-0.4, -0.2) is 38.9 Å². The van der Waals surface area contributed by atoms with Gasteiger partial charge in [0.2, 0.25) is 5.89 Å². The summed E-state index contributed by atoms with van der Waals surface area (Å²) in [6.07, 6.45) is -0.533. The number of ether oxygens (including phenoxy) is 1. The van der Waals surface area contributed by atoms with Crippen molar-refractivity contribution in [1.82, 2.24) is 19.9 Å². The van der Waals surface area contributed by atoms with E-state index in [4.69, 9.17) is 9.15 Å². The van der Waals surface area contributed by atoms with Gasteiger partial charge in [-0.2, -0.15) is 0 Å². The van der Waals surface area contributed by atoms with E-state index in [1.807, 2.05) is 12.1 Å². The van der Waals surface area contributed by atoms with Gasteiger partial charge < -0.3 is 24.0 Å². The number of hydrogen-bond acceptors (Lipinski definition) is 5. The number of nitrogens with one attached hydrogen (secondary N) is 2. The molecular weight excluding hydrogens is 501 g/mol. The van der Waals surface area contributed by atoms with Gasteiger partial charge >= 0.3 is 5.69 Å². The van der Waals surface area contributed by atoms with Crippen molar-refractivity contribution in [2.45, 2.75) is 12.6 Å². The topological polar surface area (TPSA) is 104 Å². The highest BCUT2D eigenvalue weighted by molar-refractivity contribution is 5.80. The van der Waals surface area contributed by atoms with Crippen LogP contribution < -0.4 is 5.69 Å². The first-order valence-electron chi connectivity index (χ1n) is 11.7. The summed E-state index contributed by atoms with van der Waals surface area (Å²) in [5.41, 5.74) is 2.66. The monoisotopic (exact) mass is 520 g/mol. The number of carbonyl (C=O) groups is 1. The minimum absolute atomic E-state index is 0.0572. The Bertz CT molecular complexity index is 1700. The first-order valence-corrected chi connectivity index (χ1v) is 11.7. The van der Waals surface area contributed by atoms with Gasteiger partial charge in [-0.05, 0) is 60.5 Å². The largest absolute Gasteiger partial charge is 0.436 e. The molecule has 1 aliphatic rings. The zero-order valence-corrected chi connectivity index (χ0v) is 19.6. The van der Waals surface area contributed by atoms with Crippen molar-refractivity contribution in [2.24, 2.45) is 0 Å². The number of hydrogen-bond donors (Lipinski definition) is 2. The number of H-pyrrole nitrogens is 2. The zero-order valence-electron chi connectivity index (χ0n) is 19.6. The first-order chi connectivity index (χ1) is 18.3. The lowest BCUT2D eigenvalue weighted by Gasteiger charge is -2.22. The molecule has 2 aromatic heterocycles. The second kappa shape index (κ2) is 9.34. The molecule has 0 spiro atoms. The van der Waals surface area contributed by atoms with Crippen molar-refractivity contribution >= 4 is 16.9 Å². The molecule has 1 amide bonds. The molecule has 3 aromatic carbocycles. The van der Waals surface area contributed by atoms with E-state index in [-0.39, 0.29) is 47.7 Å². The van der Waals surface area contributed by atoms with Crippen LogP contribution >= 0.6 is 0 Å². The highest BCUT2D eigenvalue weighted by Gasteiger charge is 2.38. The number of nitrogens with zero attached hydrogens (tertiary/aromatic N) is 2. The molecule has 5 aromatic rings. The van der Waals surface area contributed by atoms with Gasteiger partial charge in [0.15, 0.2) is 12.0 Å². The second-order valence-corrected chi connectivity index (χ2v) is 8.86. The predicted molar refractivity (Wildman–Crippen MR) is 130 cm³/mol. The Balaban J connectivity index is 1.36. The summed E-state index contributed by atoms with van der Waals surface area (Å²) < 4.78 is 53.2. The van der Waals surface area contributed by atoms with Gasteiger partial charge in [0.25, 0.3) is 5.91 Å². The Kier molecular flexibility index (Phi) is 5.84. The maximum atomic E-state index is 13.9. The molecule has 0 saturated carbocycles. The van der Waals surface area contributed by atoms with Gasteiger partial charge in [-0.1, -0.05) is 6.07 Å². The molecule has 1 atom stereocenters. The maximum absolute atomic E-state index is 13.9. The fourth-order valence-corrected chi connectivity index (χ4v) is 4.51. The van der Waals surface area contributed by atoms with Gasteiger partial charge in [0.1, 0.15) is 29.8 Å². The highest BCUT2D eigenvalue weighted by atomic mass is 19.1. The van der Waals surface area contributed by atoms with Crippen molar-refractivity contribution in [2.75, 3.05) is 13.2 Å². The predicted octanol–water partition coefficient (Wildman–Crippen LogP) is 4.70. The summed E-state index contributed by atoms with van der Waals surface area (Å²) in [6.45, 7) is 0.0411. The standard InChI is InChI=1S/C27H19F3N4O4/c28-17-4-2-15(3-5-17)23-24(38-25(33-23)16-10-18(29)12-19(30)11-16)26-34(22(35)13-37-26)8-7-14-1-6-20-21(9-14)32-27(36)31-20/h1-6,9-12,26H,7-8,13H2,(H2,31,32,36)/t26-/m1/s1. The minimum Gasteiger partial charge on any atom is -0.436 e. The molecule has 3 heterocycles. The molecule has 1 fully saturated rings. The number of imidazole rings is 1. The average Bonchev–Trinajstić information content (AvgIpc) is 3.58. The number of aromatic nitrogens is 3. The van der Waals surface area contributed by atoms with E-state index in [9.17, 15) is 22.8 Å². The second-order valence-electron chi connectivity index (χ2n) is 8.86. The Hall–Kier alpha value is -4.64. The third kappa shape index (κ3) is 4.48. The number of oxazole rings is 1. The number of rotatable bonds is 6. The molecule has 2 N–H and O–H groups in total. The van der Waals surface area contributed by atoms with E-state index < -0.39 is 23.7 Å². The molecule has 8 nitrogen and oxygen atoms in total. The van der Waals surface area contributed by atoms with Crippen molar-refractivity contribution < 1.29 is 27.1 Å². The van der Waals surface area contributed by atoms with Crippen LogP contribution in [0, 0.1) is 17.5 Å². The molecule has 6 rings (SSSR count). The van der Waals surface area contributed by atoms with E-state index in [2.05, 4.69) is 15.0 Å². The van der Waals surface area contributed by atoms with Gasteiger partial charge in [-0.3, -0.25) is 4.79 Å². The van der Waals surface area contributed by atoms with Gasteiger partial charge in [-0.15, -0.1) is 0 Å². The summed E-state index contributed by atoms with van der Waals surface area (Å²) in [5, 5.41) is 0. The van der Waals surface area contributed by atoms with Gasteiger partial charge in [-0.25, -0.2) is 22.9 Å². The molecule has 192 valence electrons. The smallest absolute Gasteiger partial charge is 0.323 e. The molecular formula is C27H19F3N4O4. The van der Waals surface area contributed by atoms with Crippen LogP contribution in [0.3, 0.4) is 0 Å². The van der Waals surface area contributed by atoms with Crippen LogP contribution in [0.15, 0.2) is 69.9 Å². The minimum atomic E-state index is -0.974. The van der Waals surface area contributed by atoms with Crippen LogP contribution in [0.4, 0.5) is 13.2 Å². The fraction of sp³-hybridized carbons (Fsp3) is 0.148. The van der Waals surface area contributed by atoms with Crippen LogP contribution in [0.25, 0.3) is 33.7 Å². The van der Waals surface area contributed by atoms with Gasteiger partial charge in [0, 0.05) is 23.7 Å². The third-order valence-corrected chi connectivity index (χ3v) is 6.29. The lowest BCUT2D eigenvalue weighted by Crippen LogP contribution is -2.30. The van der Waals surface area contributed by atoms with Crippen molar-refractivity contribution in [1.29, 1.82) is 0 Å². The number of aromatic amines is 2. The molecule has 0 aliphatic carbocycles. The quantitative estimate of drug-likeness (QED) is 0.338. The number of benzene rings is 3. The van der Waals surface area contributed by atoms with E-state index in [1.54, 1.807) is 6.07 Å². The highest BCUT2D eigenvalue weighted by Crippen LogP contribution is 2.38. The molecule has 1 aliphatic heterocycles. The summed E-state index contributed by atoms with van der Waals surface area (Å²) in [6, 6.07) is 13.8. The third-order valence-electron chi connectivity index (χ3n) is 6.29. The molecule has 0 radical (unpaired) electrons. The number of carbonyl (C=O) groups excluding carboxylic acids is 1. The van der Waals surface area contributed by atoms with E-state index in [1.165, 1.54) is 29.2 Å². The van der Waals surface area contributed by atoms with Crippen molar-refractivity contribution in [3.63, 3.8) is 0 Å². The number of fused-ring (bicyclic) bond motifs is 1. The first kappa shape index (κ1) is 23.7. The Morgan fingerprint density at radius 1 is 0.868 bits per heavy atom. The van der Waals surface area contributed by atoms with Crippen LogP contribution in [-0.2, 0) is 16.0 Å². The van der Waals surface area contributed by atoms with Crippen molar-refractivity contribution in [3.05, 3.63) is 99.9 Å². The summed E-state index contributed by atoms with van der Waals surface area (Å²) in [5.74, 6) is -2.29. The lowest BCUT2D eigenvalue weighted by molar-refractivity contribution is -0.128. The fourth-order valence-electron chi connectivity index (χ4n) is 4.51. The Morgan fingerprint density at radius 3 is 2.37 bits per heavy atom. The summed E-state index contributed by atoms with van der Waals surface area (Å²) >= 11 is 0. The molecule has 38 heavy (non-hydrogen) atoms. The van der Waals surface area contributed by atoms with Crippen LogP contribution in [0.2, 0.25) is 0 Å². The SMILES string of the molecule is O=C1CO[C@H](c2oc(-c3cc(F)cc(F)c3)nc2-c2ccc(F)cc2)N1CCc1ccc2[nH]c(=O)[nH]c2c1. The molecule has 1 saturated heterocycles. The molecule has 0 unspecified atom stereocenters. The van der Waals surface area contributed by atoms with E-state index in [0.29, 0.717) is 23.0 Å². The van der Waals surface area contributed by atoms with E-state index in [0.717, 1.165) is 23.8 Å². The normalized spacial score (nSPS) is 15.6. The Labute approximate surface area is 212 Å². The van der Waals surface area contributed by atoms with E-state index >= 15 is 0 Å². The van der Waals surface area contributed by atoms with Gasteiger partial charge in [0.05, 0.1) is 11.0 Å². The van der Waals surface area contributed by atoms with Crippen molar-refractivity contribution in [3.8, 4) is 22.7 Å². The molecule has 0 bridgehead atoms. The Morgan fingerprint density at radius 2 is 1.61 bits per heavy atom. The summed E-state index contributed by atoms with van der Waals surface area (Å²) in [7, 11) is 0. The average molecular weight is 520 g/mol. The number of amides is 1.